The number of hydrogen-bond donors (Lipinski definition) is 0. The number of benzene rings is 1. The van der Waals surface area contributed by atoms with Crippen LogP contribution >= 0.6 is 0 Å². The maximum Gasteiger partial charge on any atom is 0.199 e. The van der Waals surface area contributed by atoms with Crippen molar-refractivity contribution in [3.63, 3.8) is 0 Å². The average Bonchev–Trinajstić information content (AvgIpc) is 2.32. The predicted molar refractivity (Wildman–Crippen MR) is 63.5 cm³/mol. The molecular formula is C12H18O2Si. The minimum absolute atomic E-state index is 0.0613. The summed E-state index contributed by atoms with van der Waals surface area (Å²) in [6.07, 6.45) is 3.56. The molecule has 0 radical (unpaired) electrons. The summed E-state index contributed by atoms with van der Waals surface area (Å²) in [7, 11) is 1.15. The van der Waals surface area contributed by atoms with Gasteiger partial charge in [0.15, 0.2) is 9.76 Å². The third-order valence-electron chi connectivity index (χ3n) is 3.03. The predicted octanol–water partition coefficient (Wildman–Crippen LogP) is 1.77. The number of rotatable bonds is 3. The molecule has 0 N–H and O–H groups in total. The lowest BCUT2D eigenvalue weighted by Crippen LogP contribution is -2.40. The van der Waals surface area contributed by atoms with Crippen LogP contribution in [0, 0.1) is 0 Å². The molecule has 3 heteroatoms. The van der Waals surface area contributed by atoms with Crippen LogP contribution in [0.5, 0.6) is 0 Å². The van der Waals surface area contributed by atoms with Crippen molar-refractivity contribution in [2.45, 2.75) is 24.5 Å². The fourth-order valence-corrected chi connectivity index (χ4v) is 3.74. The molecule has 82 valence electrons. The van der Waals surface area contributed by atoms with Crippen LogP contribution in [0.1, 0.15) is 24.8 Å². The van der Waals surface area contributed by atoms with Crippen molar-refractivity contribution < 1.29 is 9.16 Å². The van der Waals surface area contributed by atoms with E-state index < -0.39 is 9.76 Å². The standard InChI is InChI=1S/C12H18O2Si/c1-13-15-12(9-5-6-10-14-12)11-7-3-2-4-8-11/h2-4,7-8H,5-6,9-10,15H2,1H3. The van der Waals surface area contributed by atoms with Crippen LogP contribution < -0.4 is 0 Å². The minimum Gasteiger partial charge on any atom is -0.424 e. The van der Waals surface area contributed by atoms with Crippen molar-refractivity contribution in [1.29, 1.82) is 0 Å². The molecule has 1 aliphatic heterocycles. The summed E-state index contributed by atoms with van der Waals surface area (Å²) in [4.78, 5) is 0. The van der Waals surface area contributed by atoms with Gasteiger partial charge in [0, 0.05) is 13.7 Å². The van der Waals surface area contributed by atoms with Crippen LogP contribution in [0.2, 0.25) is 0 Å². The third-order valence-corrected chi connectivity index (χ3v) is 4.75. The molecule has 1 aromatic carbocycles. The lowest BCUT2D eigenvalue weighted by atomic mass is 10.0. The Morgan fingerprint density at radius 3 is 2.67 bits per heavy atom. The summed E-state index contributed by atoms with van der Waals surface area (Å²) in [5, 5.41) is -0.0613. The van der Waals surface area contributed by atoms with Crippen molar-refractivity contribution in [1.82, 2.24) is 0 Å². The van der Waals surface area contributed by atoms with Crippen LogP contribution in [0.4, 0.5) is 0 Å². The van der Waals surface area contributed by atoms with Gasteiger partial charge in [0.1, 0.15) is 5.22 Å². The topological polar surface area (TPSA) is 18.5 Å². The zero-order valence-electron chi connectivity index (χ0n) is 9.24. The first-order chi connectivity index (χ1) is 7.37. The zero-order valence-corrected chi connectivity index (χ0v) is 10.7. The molecule has 2 rings (SSSR count). The molecule has 1 fully saturated rings. The Balaban J connectivity index is 2.25. The maximum absolute atomic E-state index is 6.03. The third kappa shape index (κ3) is 2.30. The Kier molecular flexibility index (Phi) is 3.56. The Bertz CT molecular complexity index is 288. The molecule has 0 aliphatic carbocycles. The second kappa shape index (κ2) is 4.92. The fraction of sp³-hybridized carbons (Fsp3) is 0.500. The Morgan fingerprint density at radius 2 is 2.07 bits per heavy atom. The molecule has 2 nitrogen and oxygen atoms in total. The first kappa shape index (κ1) is 10.9. The Labute approximate surface area is 93.5 Å². The van der Waals surface area contributed by atoms with E-state index in [0.717, 1.165) is 13.0 Å². The van der Waals surface area contributed by atoms with Crippen molar-refractivity contribution in [3.05, 3.63) is 35.9 Å². The van der Waals surface area contributed by atoms with Crippen LogP contribution in [0.15, 0.2) is 30.3 Å². The van der Waals surface area contributed by atoms with Crippen LogP contribution in [-0.2, 0) is 14.4 Å². The van der Waals surface area contributed by atoms with Gasteiger partial charge in [-0.25, -0.2) is 0 Å². The highest BCUT2D eigenvalue weighted by Crippen LogP contribution is 2.33. The molecule has 1 heterocycles. The molecule has 15 heavy (non-hydrogen) atoms. The first-order valence-electron chi connectivity index (χ1n) is 5.56. The van der Waals surface area contributed by atoms with Crippen LogP contribution in [0.3, 0.4) is 0 Å². The van der Waals surface area contributed by atoms with E-state index in [-0.39, 0.29) is 5.22 Å². The first-order valence-corrected chi connectivity index (χ1v) is 6.84. The average molecular weight is 222 g/mol. The smallest absolute Gasteiger partial charge is 0.199 e. The molecule has 0 spiro atoms. The summed E-state index contributed by atoms with van der Waals surface area (Å²) >= 11 is 0. The summed E-state index contributed by atoms with van der Waals surface area (Å²) in [6.45, 7) is 0.880. The van der Waals surface area contributed by atoms with E-state index >= 15 is 0 Å². The maximum atomic E-state index is 6.03. The summed E-state index contributed by atoms with van der Waals surface area (Å²) in [5.74, 6) is 0. The highest BCUT2D eigenvalue weighted by Gasteiger charge is 2.35. The number of hydrogen-bond acceptors (Lipinski definition) is 2. The van der Waals surface area contributed by atoms with Crippen LogP contribution in [-0.4, -0.2) is 23.5 Å². The highest BCUT2D eigenvalue weighted by atomic mass is 28.2. The second-order valence-electron chi connectivity index (χ2n) is 4.10. The van der Waals surface area contributed by atoms with E-state index in [1.807, 2.05) is 6.07 Å². The van der Waals surface area contributed by atoms with Crippen LogP contribution in [0.25, 0.3) is 0 Å². The molecule has 0 amide bonds. The normalized spacial score (nSPS) is 27.3. The van der Waals surface area contributed by atoms with Gasteiger partial charge in [-0.3, -0.25) is 0 Å². The van der Waals surface area contributed by atoms with Gasteiger partial charge in [-0.1, -0.05) is 30.3 Å². The SMILES string of the molecule is CO[SiH2]C1(c2ccccc2)CCCCO1. The molecule has 1 unspecified atom stereocenters. The van der Waals surface area contributed by atoms with Gasteiger partial charge in [0.25, 0.3) is 0 Å². The lowest BCUT2D eigenvalue weighted by molar-refractivity contribution is -0.0320. The van der Waals surface area contributed by atoms with Crippen molar-refractivity contribution >= 4 is 9.76 Å². The molecule has 0 saturated carbocycles. The summed E-state index contributed by atoms with van der Waals surface area (Å²) in [5.41, 5.74) is 1.30. The van der Waals surface area contributed by atoms with Crippen molar-refractivity contribution in [3.8, 4) is 0 Å². The molecule has 1 aliphatic rings. The summed E-state index contributed by atoms with van der Waals surface area (Å²) in [6, 6.07) is 10.5. The van der Waals surface area contributed by atoms with Gasteiger partial charge in [0.2, 0.25) is 0 Å². The highest BCUT2D eigenvalue weighted by molar-refractivity contribution is 6.31. The van der Waals surface area contributed by atoms with E-state index in [4.69, 9.17) is 9.16 Å². The molecule has 1 aromatic rings. The zero-order chi connectivity index (χ0) is 10.6. The monoisotopic (exact) mass is 222 g/mol. The Morgan fingerprint density at radius 1 is 1.27 bits per heavy atom. The van der Waals surface area contributed by atoms with Crippen molar-refractivity contribution in [2.24, 2.45) is 0 Å². The van der Waals surface area contributed by atoms with Gasteiger partial charge >= 0.3 is 0 Å². The fourth-order valence-electron chi connectivity index (χ4n) is 2.25. The second-order valence-corrected chi connectivity index (χ2v) is 6.11. The number of ether oxygens (including phenoxy) is 1. The lowest BCUT2D eigenvalue weighted by Gasteiger charge is -2.36. The van der Waals surface area contributed by atoms with Gasteiger partial charge in [-0.2, -0.15) is 0 Å². The molecule has 0 bridgehead atoms. The molecule has 1 saturated heterocycles. The van der Waals surface area contributed by atoms with Gasteiger partial charge in [-0.05, 0) is 24.8 Å². The largest absolute Gasteiger partial charge is 0.424 e. The quantitative estimate of drug-likeness (QED) is 0.726. The summed E-state index contributed by atoms with van der Waals surface area (Å²) < 4.78 is 11.5. The van der Waals surface area contributed by atoms with E-state index in [2.05, 4.69) is 24.3 Å². The van der Waals surface area contributed by atoms with E-state index in [9.17, 15) is 0 Å². The molecule has 0 aromatic heterocycles. The van der Waals surface area contributed by atoms with E-state index in [1.54, 1.807) is 7.11 Å². The van der Waals surface area contributed by atoms with Gasteiger partial charge < -0.3 is 9.16 Å². The molecule has 1 atom stereocenters. The van der Waals surface area contributed by atoms with Crippen molar-refractivity contribution in [2.75, 3.05) is 13.7 Å². The Hall–Kier alpha value is -0.643. The minimum atomic E-state index is -0.651. The van der Waals surface area contributed by atoms with Gasteiger partial charge in [0.05, 0.1) is 0 Å². The molecular weight excluding hydrogens is 204 g/mol. The van der Waals surface area contributed by atoms with Gasteiger partial charge in [-0.15, -0.1) is 0 Å². The van der Waals surface area contributed by atoms with E-state index in [0.29, 0.717) is 0 Å². The van der Waals surface area contributed by atoms with E-state index in [1.165, 1.54) is 18.4 Å².